The smallest absolute Gasteiger partial charge is 0.0535 e. The Hall–Kier alpha value is -18.7. The van der Waals surface area contributed by atoms with E-state index in [1.165, 1.54) is 249 Å². The highest BCUT2D eigenvalue weighted by molar-refractivity contribution is 7.27. The van der Waals surface area contributed by atoms with Crippen molar-refractivity contribution in [2.24, 2.45) is 0 Å². The van der Waals surface area contributed by atoms with Crippen molar-refractivity contribution in [3.63, 3.8) is 0 Å². The number of thiophene rings is 3. The quantitative estimate of drug-likeness (QED) is 0.0863. The maximum Gasteiger partial charge on any atom is 0.0535 e. The average Bonchev–Trinajstić information content (AvgIpc) is 1.61. The van der Waals surface area contributed by atoms with Crippen LogP contribution in [0.2, 0.25) is 0 Å². The lowest BCUT2D eigenvalue weighted by molar-refractivity contribution is 1.13. The zero-order valence-electron chi connectivity index (χ0n) is 81.9. The minimum Gasteiger partial charge on any atom is -0.316 e. The topological polar surface area (TPSA) is 14.8 Å². The van der Waals surface area contributed by atoms with E-state index in [0.29, 0.717) is 0 Å². The van der Waals surface area contributed by atoms with Gasteiger partial charge in [0.2, 0.25) is 0 Å². The molecule has 0 fully saturated rings. The Balaban J connectivity index is 0.000000112. The Morgan fingerprint density at radius 3 is 0.560 bits per heavy atom. The molecule has 0 aliphatic carbocycles. The summed E-state index contributed by atoms with van der Waals surface area (Å²) in [7, 11) is 0. The van der Waals surface area contributed by atoms with Crippen molar-refractivity contribution in [1.29, 1.82) is 0 Å². The van der Waals surface area contributed by atoms with Gasteiger partial charge in [-0.1, -0.05) is 461 Å². The van der Waals surface area contributed by atoms with Crippen LogP contribution in [-0.4, -0.2) is 13.7 Å². The molecule has 0 aliphatic rings. The molecule has 6 heteroatoms. The summed E-state index contributed by atoms with van der Waals surface area (Å²) >= 11 is 5.67. The van der Waals surface area contributed by atoms with Crippen LogP contribution in [0.1, 0.15) is 0 Å². The first-order valence-corrected chi connectivity index (χ1v) is 53.6. The maximum absolute atomic E-state index is 2.37. The summed E-state index contributed by atoms with van der Waals surface area (Å²) in [5, 5.41) is 11.6. The van der Waals surface area contributed by atoms with Gasteiger partial charge in [0.25, 0.3) is 0 Å². The third kappa shape index (κ3) is 17.2. The summed E-state index contributed by atoms with van der Waals surface area (Å²) < 4.78 is 15.0. The summed E-state index contributed by atoms with van der Waals surface area (Å²) in [6.45, 7) is 0. The lowest BCUT2D eigenvalue weighted by atomic mass is 9.97. The van der Waals surface area contributed by atoms with Crippen molar-refractivity contribution in [3.8, 4) is 173 Å². The molecule has 6 heterocycles. The molecule has 29 aromatic rings. The van der Waals surface area contributed by atoms with Gasteiger partial charge in [-0.3, -0.25) is 0 Å². The summed E-state index contributed by atoms with van der Waals surface area (Å²) in [6.07, 6.45) is 6.90. The minimum atomic E-state index is 1.13. The lowest BCUT2D eigenvalue weighted by Crippen LogP contribution is -1.92. The molecule has 29 rings (SSSR count). The zero-order chi connectivity index (χ0) is 99.3. The van der Waals surface area contributed by atoms with Crippen molar-refractivity contribution in [2.75, 3.05) is 0 Å². The van der Waals surface area contributed by atoms with E-state index in [0.717, 1.165) is 17.1 Å². The first-order valence-electron chi connectivity index (χ1n) is 51.2. The van der Waals surface area contributed by atoms with Gasteiger partial charge in [0, 0.05) is 129 Å². The van der Waals surface area contributed by atoms with Crippen LogP contribution in [0.25, 0.3) is 266 Å². The van der Waals surface area contributed by atoms with Gasteiger partial charge in [-0.2, -0.15) is 0 Å². The van der Waals surface area contributed by atoms with Crippen LogP contribution in [0.5, 0.6) is 0 Å². The average molecular weight is 1960 g/mol. The van der Waals surface area contributed by atoms with E-state index < -0.39 is 0 Å². The molecule has 704 valence electrons. The number of nitrogens with zero attached hydrogens (tertiary/aromatic N) is 3. The molecule has 6 aromatic heterocycles. The predicted molar refractivity (Wildman–Crippen MR) is 645 cm³/mol. The molecule has 0 unspecified atom stereocenters. The Labute approximate surface area is 883 Å². The van der Waals surface area contributed by atoms with Gasteiger partial charge in [-0.15, -0.1) is 34.0 Å². The Kier molecular flexibility index (Phi) is 23.7. The fourth-order valence-electron chi connectivity index (χ4n) is 22.0. The van der Waals surface area contributed by atoms with Gasteiger partial charge >= 0.3 is 0 Å². The molecule has 150 heavy (non-hydrogen) atoms. The van der Waals surface area contributed by atoms with Gasteiger partial charge in [0.05, 0.1) is 16.6 Å². The molecule has 0 bridgehead atoms. The third-order valence-electron chi connectivity index (χ3n) is 29.6. The van der Waals surface area contributed by atoms with E-state index in [9.17, 15) is 0 Å². The summed E-state index contributed by atoms with van der Waals surface area (Å²) in [6, 6.07) is 202. The molecule has 0 spiro atoms. The van der Waals surface area contributed by atoms with Crippen LogP contribution < -0.4 is 0 Å². The van der Waals surface area contributed by atoms with E-state index in [2.05, 4.69) is 590 Å². The number of fused-ring (bicyclic) bond motifs is 12. The normalized spacial score (nSPS) is 11.5. The SMILES string of the molecule is c1ccc(-c2ccc(-c3ccc4c(c3)c(-c3ccc(-c5ccccc5)cc3)cn4-c3ccc(-c4cccc5c4sc4c(-c6ccccc6)cccc45)cc3)cc2)cc1.c1ccc(-c2ccc3c(c2)c(-c2ccccc2)cn3-c2ccc(-c3ccc4sc5ccc(-c6ccccc6)cc5c4c3)cc2)cc1.c1ccc(-c2ccc3c(c2)c(-c2ccccc2)cn3-c2ccc(-c3cccc4c3sc3c(-c5ccccc5)cccc34)cc2)cc1. The zero-order valence-corrected chi connectivity index (χ0v) is 84.4. The van der Waals surface area contributed by atoms with E-state index in [4.69, 9.17) is 0 Å². The van der Waals surface area contributed by atoms with Gasteiger partial charge in [-0.25, -0.2) is 0 Å². The largest absolute Gasteiger partial charge is 0.316 e. The van der Waals surface area contributed by atoms with E-state index >= 15 is 0 Å². The summed E-state index contributed by atoms with van der Waals surface area (Å²) in [5.74, 6) is 0. The Morgan fingerprint density at radius 1 is 0.113 bits per heavy atom. The van der Waals surface area contributed by atoms with Crippen molar-refractivity contribution in [1.82, 2.24) is 13.7 Å². The first-order chi connectivity index (χ1) is 74.3. The van der Waals surface area contributed by atoms with Crippen LogP contribution in [0, 0.1) is 0 Å². The van der Waals surface area contributed by atoms with E-state index in [1.807, 2.05) is 34.0 Å². The molecule has 3 nitrogen and oxygen atoms in total. The van der Waals surface area contributed by atoms with Gasteiger partial charge in [0.1, 0.15) is 0 Å². The van der Waals surface area contributed by atoms with Crippen molar-refractivity contribution >= 4 is 127 Å². The summed E-state index contributed by atoms with van der Waals surface area (Å²) in [5.41, 5.74) is 41.6. The monoisotopic (exact) mass is 1960 g/mol. The standard InChI is InChI=1S/C56H37NS.2C44H29NS/c1-4-12-38(13-5-1)40-22-24-42(25-23-40)46-32-35-54-52(36-46)53(45-28-26-41(27-29-45)39-14-6-2-7-15-39)37-57(54)47-33-30-44(31-34-47)49-19-11-21-51-50-20-10-18-48(55(50)58-56(49)51)43-16-8-3-9-17-43;1-4-12-30(13-5-1)34-24-27-42-40(28-34)41(32-16-8-3-9-17-32)29-45(42)35-25-22-33(23-26-35)37-19-11-21-39-38-20-10-18-36(43(38)46-44(37)39)31-14-6-2-7-15-31;1-4-10-30(11-5-1)34-18-23-42-38(26-34)41(33-14-8-3-9-15-33)29-45(42)37-21-16-32(17-22-37)36-20-25-44-40(28-36)39-27-35(19-24-43(39)46-44)31-12-6-2-7-13-31/h1-37H;2*1-29H. The molecule has 0 saturated carbocycles. The third-order valence-corrected chi connectivity index (χ3v) is 33.3. The van der Waals surface area contributed by atoms with Gasteiger partial charge in [0.15, 0.2) is 0 Å². The highest BCUT2D eigenvalue weighted by Gasteiger charge is 2.23. The van der Waals surface area contributed by atoms with Crippen LogP contribution >= 0.6 is 34.0 Å². The second-order valence-electron chi connectivity index (χ2n) is 38.5. The van der Waals surface area contributed by atoms with Crippen LogP contribution in [-0.2, 0) is 0 Å². The predicted octanol–water partition coefficient (Wildman–Crippen LogP) is 41.3. The highest BCUT2D eigenvalue weighted by Crippen LogP contribution is 2.50. The molecule has 0 aliphatic heterocycles. The molecule has 0 radical (unpaired) electrons. The molecular formula is C144H95N3S3. The second-order valence-corrected chi connectivity index (χ2v) is 41.6. The fraction of sp³-hybridized carbons (Fsp3) is 0. The fourth-order valence-corrected chi connectivity index (χ4v) is 25.8. The Bertz CT molecular complexity index is 10000. The Morgan fingerprint density at radius 2 is 0.293 bits per heavy atom. The molecular weight excluding hydrogens is 1870 g/mol. The minimum absolute atomic E-state index is 1.13. The van der Waals surface area contributed by atoms with Crippen molar-refractivity contribution in [3.05, 3.63) is 577 Å². The summed E-state index contributed by atoms with van der Waals surface area (Å²) in [4.78, 5) is 0. The number of aromatic nitrogens is 3. The van der Waals surface area contributed by atoms with Crippen molar-refractivity contribution < 1.29 is 0 Å². The highest BCUT2D eigenvalue weighted by atomic mass is 32.1. The van der Waals surface area contributed by atoms with Gasteiger partial charge in [-0.05, 0) is 236 Å². The number of hydrogen-bond acceptors (Lipinski definition) is 3. The van der Waals surface area contributed by atoms with Crippen LogP contribution in [0.15, 0.2) is 577 Å². The maximum atomic E-state index is 2.37. The molecule has 0 amide bonds. The number of benzene rings is 23. The molecule has 0 atom stereocenters. The number of hydrogen-bond donors (Lipinski definition) is 0. The number of rotatable bonds is 17. The second kappa shape index (κ2) is 39.4. The first kappa shape index (κ1) is 90.1. The van der Waals surface area contributed by atoms with E-state index in [-0.39, 0.29) is 0 Å². The lowest BCUT2D eigenvalue weighted by Gasteiger charge is -2.09. The van der Waals surface area contributed by atoms with Crippen LogP contribution in [0.4, 0.5) is 0 Å². The van der Waals surface area contributed by atoms with Crippen LogP contribution in [0.3, 0.4) is 0 Å². The van der Waals surface area contributed by atoms with E-state index in [1.54, 1.807) is 0 Å². The van der Waals surface area contributed by atoms with Gasteiger partial charge < -0.3 is 13.7 Å². The molecule has 23 aromatic carbocycles. The van der Waals surface area contributed by atoms with Crippen molar-refractivity contribution in [2.45, 2.75) is 0 Å². The molecule has 0 N–H and O–H groups in total. The molecule has 0 saturated heterocycles.